The number of thioether (sulfide) groups is 1. The lowest BCUT2D eigenvalue weighted by atomic mass is 10.3. The molecule has 1 aromatic carbocycles. The number of carbonyl (C=O) groups excluding carboxylic acids is 2. The minimum atomic E-state index is -0.516. The summed E-state index contributed by atoms with van der Waals surface area (Å²) < 4.78 is 5.51. The summed E-state index contributed by atoms with van der Waals surface area (Å²) in [7, 11) is 0. The molecule has 7 nitrogen and oxygen atoms in total. The first-order chi connectivity index (χ1) is 9.99. The number of nitrogen functional groups attached to an aromatic ring is 1. The van der Waals surface area contributed by atoms with Crippen molar-refractivity contribution in [3.63, 3.8) is 0 Å². The second-order valence-electron chi connectivity index (χ2n) is 4.32. The van der Waals surface area contributed by atoms with Crippen LogP contribution in [0.15, 0.2) is 27.8 Å². The van der Waals surface area contributed by atoms with Crippen molar-refractivity contribution in [2.24, 2.45) is 0 Å². The van der Waals surface area contributed by atoms with Gasteiger partial charge in [-0.3, -0.25) is 10.1 Å². The zero-order chi connectivity index (χ0) is 15.4. The van der Waals surface area contributed by atoms with E-state index in [-0.39, 0.29) is 0 Å². The fourth-order valence-corrected chi connectivity index (χ4v) is 2.35. The van der Waals surface area contributed by atoms with Gasteiger partial charge in [0, 0.05) is 18.3 Å². The Labute approximate surface area is 125 Å². The average molecular weight is 308 g/mol. The molecule has 3 amide bonds. The van der Waals surface area contributed by atoms with Gasteiger partial charge in [0.2, 0.25) is 5.91 Å². The minimum Gasteiger partial charge on any atom is -0.431 e. The number of imide groups is 1. The number of rotatable bonds is 4. The molecule has 2 aromatic rings. The number of amides is 3. The van der Waals surface area contributed by atoms with Crippen molar-refractivity contribution in [2.75, 3.05) is 12.3 Å². The first-order valence-electron chi connectivity index (χ1n) is 6.41. The fourth-order valence-electron chi connectivity index (χ4n) is 1.59. The average Bonchev–Trinajstić information content (AvgIpc) is 2.80. The SMILES string of the molecule is CCNC(=O)NC(=O)C(C)Sc1nc2ccc(N)cc2o1. The molecular formula is C13H16N4O3S. The summed E-state index contributed by atoms with van der Waals surface area (Å²) in [5, 5.41) is 4.57. The van der Waals surface area contributed by atoms with Crippen LogP contribution in [0, 0.1) is 0 Å². The monoisotopic (exact) mass is 308 g/mol. The molecule has 0 bridgehead atoms. The number of benzene rings is 1. The lowest BCUT2D eigenvalue weighted by Crippen LogP contribution is -2.42. The maximum Gasteiger partial charge on any atom is 0.321 e. The molecule has 0 radical (unpaired) electrons. The summed E-state index contributed by atoms with van der Waals surface area (Å²) >= 11 is 1.13. The van der Waals surface area contributed by atoms with Crippen molar-refractivity contribution in [3.05, 3.63) is 18.2 Å². The number of urea groups is 1. The van der Waals surface area contributed by atoms with Crippen LogP contribution in [0.3, 0.4) is 0 Å². The maximum absolute atomic E-state index is 11.8. The topological polar surface area (TPSA) is 110 Å². The zero-order valence-electron chi connectivity index (χ0n) is 11.7. The van der Waals surface area contributed by atoms with Crippen LogP contribution in [-0.2, 0) is 4.79 Å². The second-order valence-corrected chi connectivity index (χ2v) is 5.61. The quantitative estimate of drug-likeness (QED) is 0.586. The molecule has 0 aliphatic carbocycles. The van der Waals surface area contributed by atoms with E-state index in [0.717, 1.165) is 11.8 Å². The summed E-state index contributed by atoms with van der Waals surface area (Å²) in [6.07, 6.45) is 0. The van der Waals surface area contributed by atoms with Gasteiger partial charge in [0.1, 0.15) is 5.52 Å². The predicted molar refractivity (Wildman–Crippen MR) is 81.0 cm³/mol. The molecule has 1 atom stereocenters. The van der Waals surface area contributed by atoms with Gasteiger partial charge in [0.15, 0.2) is 5.58 Å². The molecular weight excluding hydrogens is 292 g/mol. The number of nitrogens with zero attached hydrogens (tertiary/aromatic N) is 1. The standard InChI is InChI=1S/C13H16N4O3S/c1-3-15-12(19)17-11(18)7(2)21-13-16-9-5-4-8(14)6-10(9)20-13/h4-7H,3,14H2,1-2H3,(H2,15,17,18,19). The van der Waals surface area contributed by atoms with Gasteiger partial charge in [-0.25, -0.2) is 9.78 Å². The van der Waals surface area contributed by atoms with Crippen LogP contribution in [-0.4, -0.2) is 28.7 Å². The van der Waals surface area contributed by atoms with E-state index in [2.05, 4.69) is 15.6 Å². The summed E-state index contributed by atoms with van der Waals surface area (Å²) in [5.74, 6) is -0.410. The highest BCUT2D eigenvalue weighted by atomic mass is 32.2. The van der Waals surface area contributed by atoms with Crippen LogP contribution in [0.2, 0.25) is 0 Å². The van der Waals surface area contributed by atoms with Gasteiger partial charge in [-0.15, -0.1) is 0 Å². The Morgan fingerprint density at radius 3 is 2.95 bits per heavy atom. The highest BCUT2D eigenvalue weighted by molar-refractivity contribution is 8.00. The number of nitrogens with one attached hydrogen (secondary N) is 2. The van der Waals surface area contributed by atoms with E-state index in [0.29, 0.717) is 28.6 Å². The molecule has 0 aliphatic heterocycles. The Bertz CT molecular complexity index is 670. The predicted octanol–water partition coefficient (Wildman–Crippen LogP) is 1.74. The van der Waals surface area contributed by atoms with E-state index < -0.39 is 17.2 Å². The molecule has 1 unspecified atom stereocenters. The highest BCUT2D eigenvalue weighted by Crippen LogP contribution is 2.27. The van der Waals surface area contributed by atoms with Crippen LogP contribution in [0.1, 0.15) is 13.8 Å². The Kier molecular flexibility index (Phi) is 4.69. The van der Waals surface area contributed by atoms with Crippen LogP contribution >= 0.6 is 11.8 Å². The fraction of sp³-hybridized carbons (Fsp3) is 0.308. The third-order valence-electron chi connectivity index (χ3n) is 2.61. The normalized spacial score (nSPS) is 12.1. The van der Waals surface area contributed by atoms with Crippen LogP contribution in [0.25, 0.3) is 11.1 Å². The van der Waals surface area contributed by atoms with Crippen molar-refractivity contribution in [3.8, 4) is 0 Å². The lowest BCUT2D eigenvalue weighted by Gasteiger charge is -2.08. The molecule has 112 valence electrons. The van der Waals surface area contributed by atoms with E-state index in [1.54, 1.807) is 32.0 Å². The van der Waals surface area contributed by atoms with E-state index in [1.807, 2.05) is 0 Å². The molecule has 0 fully saturated rings. The second kappa shape index (κ2) is 6.49. The first-order valence-corrected chi connectivity index (χ1v) is 7.29. The van der Waals surface area contributed by atoms with E-state index in [9.17, 15) is 9.59 Å². The van der Waals surface area contributed by atoms with E-state index in [4.69, 9.17) is 10.2 Å². The number of hydrogen-bond donors (Lipinski definition) is 3. The highest BCUT2D eigenvalue weighted by Gasteiger charge is 2.19. The van der Waals surface area contributed by atoms with Gasteiger partial charge in [0.05, 0.1) is 5.25 Å². The number of carbonyl (C=O) groups is 2. The van der Waals surface area contributed by atoms with E-state index in [1.165, 1.54) is 0 Å². The Morgan fingerprint density at radius 2 is 2.24 bits per heavy atom. The van der Waals surface area contributed by atoms with Crippen molar-refractivity contribution in [2.45, 2.75) is 24.3 Å². The molecule has 1 heterocycles. The summed E-state index contributed by atoms with van der Waals surface area (Å²) in [6.45, 7) is 3.89. The van der Waals surface area contributed by atoms with Crippen molar-refractivity contribution >= 4 is 40.5 Å². The number of nitrogens with two attached hydrogens (primary N) is 1. The van der Waals surface area contributed by atoms with Gasteiger partial charge < -0.3 is 15.5 Å². The van der Waals surface area contributed by atoms with Crippen LogP contribution in [0.4, 0.5) is 10.5 Å². The minimum absolute atomic E-state index is 0.356. The number of aromatic nitrogens is 1. The lowest BCUT2D eigenvalue weighted by molar-refractivity contribution is -0.119. The smallest absolute Gasteiger partial charge is 0.321 e. The molecule has 8 heteroatoms. The molecule has 0 aliphatic rings. The van der Waals surface area contributed by atoms with E-state index >= 15 is 0 Å². The van der Waals surface area contributed by atoms with Crippen molar-refractivity contribution in [1.82, 2.24) is 15.6 Å². The summed E-state index contributed by atoms with van der Waals surface area (Å²) in [5.41, 5.74) is 7.48. The Morgan fingerprint density at radius 1 is 1.48 bits per heavy atom. The van der Waals surface area contributed by atoms with Crippen LogP contribution in [0.5, 0.6) is 0 Å². The molecule has 2 rings (SSSR count). The Hall–Kier alpha value is -2.22. The number of oxazole rings is 1. The van der Waals surface area contributed by atoms with Gasteiger partial charge in [-0.2, -0.15) is 0 Å². The molecule has 1 aromatic heterocycles. The van der Waals surface area contributed by atoms with Gasteiger partial charge in [-0.05, 0) is 26.0 Å². The molecule has 21 heavy (non-hydrogen) atoms. The molecule has 4 N–H and O–H groups in total. The third kappa shape index (κ3) is 3.88. The third-order valence-corrected chi connectivity index (χ3v) is 3.56. The zero-order valence-corrected chi connectivity index (χ0v) is 12.5. The number of anilines is 1. The molecule has 0 spiro atoms. The van der Waals surface area contributed by atoms with Crippen molar-refractivity contribution < 1.29 is 14.0 Å². The maximum atomic E-state index is 11.8. The Balaban J connectivity index is 2.02. The number of hydrogen-bond acceptors (Lipinski definition) is 6. The van der Waals surface area contributed by atoms with Gasteiger partial charge >= 0.3 is 6.03 Å². The molecule has 0 saturated carbocycles. The largest absolute Gasteiger partial charge is 0.431 e. The van der Waals surface area contributed by atoms with Crippen molar-refractivity contribution in [1.29, 1.82) is 0 Å². The molecule has 0 saturated heterocycles. The number of fused-ring (bicyclic) bond motifs is 1. The van der Waals surface area contributed by atoms with Crippen LogP contribution < -0.4 is 16.4 Å². The summed E-state index contributed by atoms with van der Waals surface area (Å²) in [6, 6.07) is 4.63. The summed E-state index contributed by atoms with van der Waals surface area (Å²) in [4.78, 5) is 27.4. The first kappa shape index (κ1) is 15.2. The van der Waals surface area contributed by atoms with Gasteiger partial charge in [-0.1, -0.05) is 11.8 Å². The van der Waals surface area contributed by atoms with Gasteiger partial charge in [0.25, 0.3) is 5.22 Å².